The highest BCUT2D eigenvalue weighted by Crippen LogP contribution is 2.24. The summed E-state index contributed by atoms with van der Waals surface area (Å²) in [5.41, 5.74) is 3.51. The van der Waals surface area contributed by atoms with Gasteiger partial charge in [0.25, 0.3) is 0 Å². The van der Waals surface area contributed by atoms with Crippen molar-refractivity contribution >= 4 is 22.5 Å². The SMILES string of the molecule is Cc1cc(NCc2cccnc2N2CCCCC2)nc2ccccc12. The van der Waals surface area contributed by atoms with Crippen LogP contribution in [0.4, 0.5) is 11.6 Å². The Morgan fingerprint density at radius 3 is 2.76 bits per heavy atom. The molecule has 0 atom stereocenters. The van der Waals surface area contributed by atoms with E-state index >= 15 is 0 Å². The van der Waals surface area contributed by atoms with Crippen molar-refractivity contribution in [3.8, 4) is 0 Å². The summed E-state index contributed by atoms with van der Waals surface area (Å²) in [6, 6.07) is 14.6. The molecule has 3 heterocycles. The van der Waals surface area contributed by atoms with E-state index in [1.165, 1.54) is 35.8 Å². The van der Waals surface area contributed by atoms with Crippen LogP contribution in [0.15, 0.2) is 48.7 Å². The Kier molecular flexibility index (Phi) is 4.51. The lowest BCUT2D eigenvalue weighted by Crippen LogP contribution is -2.31. The van der Waals surface area contributed by atoms with Crippen molar-refractivity contribution in [2.24, 2.45) is 0 Å². The first-order valence-corrected chi connectivity index (χ1v) is 9.10. The maximum absolute atomic E-state index is 4.75. The number of nitrogens with one attached hydrogen (secondary N) is 1. The summed E-state index contributed by atoms with van der Waals surface area (Å²) < 4.78 is 0. The van der Waals surface area contributed by atoms with E-state index in [-0.39, 0.29) is 0 Å². The summed E-state index contributed by atoms with van der Waals surface area (Å²) in [4.78, 5) is 11.8. The van der Waals surface area contributed by atoms with Gasteiger partial charge in [-0.2, -0.15) is 0 Å². The first-order chi connectivity index (χ1) is 12.3. The molecule has 4 heteroatoms. The molecule has 1 aliphatic rings. The van der Waals surface area contributed by atoms with Crippen molar-refractivity contribution in [1.29, 1.82) is 0 Å². The van der Waals surface area contributed by atoms with Crippen molar-refractivity contribution in [3.63, 3.8) is 0 Å². The predicted octanol–water partition coefficient (Wildman–Crippen LogP) is 4.54. The molecule has 0 aliphatic carbocycles. The second-order valence-electron chi connectivity index (χ2n) is 6.73. The molecule has 4 nitrogen and oxygen atoms in total. The van der Waals surface area contributed by atoms with E-state index in [1.54, 1.807) is 0 Å². The van der Waals surface area contributed by atoms with Crippen molar-refractivity contribution in [3.05, 3.63) is 59.8 Å². The van der Waals surface area contributed by atoms with Crippen LogP contribution in [-0.2, 0) is 6.54 Å². The molecule has 1 aromatic carbocycles. The average molecular weight is 332 g/mol. The fourth-order valence-electron chi connectivity index (χ4n) is 3.58. The van der Waals surface area contributed by atoms with Crippen molar-refractivity contribution in [2.75, 3.05) is 23.3 Å². The number of nitrogens with zero attached hydrogens (tertiary/aromatic N) is 3. The van der Waals surface area contributed by atoms with E-state index in [0.717, 1.165) is 36.8 Å². The summed E-state index contributed by atoms with van der Waals surface area (Å²) in [5, 5.41) is 4.71. The molecule has 1 N–H and O–H groups in total. The molecular weight excluding hydrogens is 308 g/mol. The summed E-state index contributed by atoms with van der Waals surface area (Å²) in [6.07, 6.45) is 5.74. The number of aryl methyl sites for hydroxylation is 1. The van der Waals surface area contributed by atoms with Crippen LogP contribution in [0.1, 0.15) is 30.4 Å². The first-order valence-electron chi connectivity index (χ1n) is 9.10. The van der Waals surface area contributed by atoms with E-state index in [2.05, 4.69) is 52.5 Å². The summed E-state index contributed by atoms with van der Waals surface area (Å²) >= 11 is 0. The van der Waals surface area contributed by atoms with Crippen molar-refractivity contribution < 1.29 is 0 Å². The highest BCUT2D eigenvalue weighted by atomic mass is 15.2. The van der Waals surface area contributed by atoms with Crippen molar-refractivity contribution in [2.45, 2.75) is 32.7 Å². The van der Waals surface area contributed by atoms with E-state index in [9.17, 15) is 0 Å². The van der Waals surface area contributed by atoms with Gasteiger partial charge in [-0.15, -0.1) is 0 Å². The molecule has 0 saturated carbocycles. The minimum absolute atomic E-state index is 0.741. The average Bonchev–Trinajstić information content (AvgIpc) is 2.67. The van der Waals surface area contributed by atoms with Crippen LogP contribution in [-0.4, -0.2) is 23.1 Å². The molecule has 0 spiro atoms. The molecule has 2 aromatic heterocycles. The number of aromatic nitrogens is 2. The monoisotopic (exact) mass is 332 g/mol. The molecule has 0 unspecified atom stereocenters. The van der Waals surface area contributed by atoms with Gasteiger partial charge in [-0.25, -0.2) is 9.97 Å². The standard InChI is InChI=1S/C21H24N4/c1-16-14-20(24-19-10-4-3-9-18(16)19)23-15-17-8-7-11-22-21(17)25-12-5-2-6-13-25/h3-4,7-11,14H,2,5-6,12-13,15H2,1H3,(H,23,24). The Balaban J connectivity index is 1.55. The number of hydrogen-bond acceptors (Lipinski definition) is 4. The number of hydrogen-bond donors (Lipinski definition) is 1. The third kappa shape index (κ3) is 3.43. The molecule has 0 bridgehead atoms. The van der Waals surface area contributed by atoms with Crippen LogP contribution in [0.25, 0.3) is 10.9 Å². The van der Waals surface area contributed by atoms with Crippen LogP contribution >= 0.6 is 0 Å². The van der Waals surface area contributed by atoms with Crippen LogP contribution in [0.3, 0.4) is 0 Å². The second kappa shape index (κ2) is 7.09. The number of piperidine rings is 1. The molecule has 25 heavy (non-hydrogen) atoms. The zero-order valence-electron chi connectivity index (χ0n) is 14.7. The molecule has 1 saturated heterocycles. The molecule has 1 fully saturated rings. The van der Waals surface area contributed by atoms with Gasteiger partial charge < -0.3 is 10.2 Å². The van der Waals surface area contributed by atoms with Gasteiger partial charge in [0.15, 0.2) is 0 Å². The normalized spacial score (nSPS) is 14.7. The number of anilines is 2. The zero-order chi connectivity index (χ0) is 17.1. The molecule has 1 aliphatic heterocycles. The van der Waals surface area contributed by atoms with Gasteiger partial charge in [-0.05, 0) is 49.9 Å². The fourth-order valence-corrected chi connectivity index (χ4v) is 3.58. The highest BCUT2D eigenvalue weighted by Gasteiger charge is 2.15. The Hall–Kier alpha value is -2.62. The lowest BCUT2D eigenvalue weighted by atomic mass is 10.1. The fraction of sp³-hybridized carbons (Fsp3) is 0.333. The Morgan fingerprint density at radius 2 is 1.88 bits per heavy atom. The number of fused-ring (bicyclic) bond motifs is 1. The molecule has 4 rings (SSSR count). The maximum Gasteiger partial charge on any atom is 0.133 e. The quantitative estimate of drug-likeness (QED) is 0.761. The minimum Gasteiger partial charge on any atom is -0.366 e. The Bertz CT molecular complexity index is 869. The molecule has 0 amide bonds. The van der Waals surface area contributed by atoms with E-state index in [1.807, 2.05) is 18.3 Å². The zero-order valence-corrected chi connectivity index (χ0v) is 14.7. The van der Waals surface area contributed by atoms with E-state index in [0.29, 0.717) is 0 Å². The molecule has 3 aromatic rings. The Morgan fingerprint density at radius 1 is 1.04 bits per heavy atom. The van der Waals surface area contributed by atoms with Gasteiger partial charge in [0, 0.05) is 36.8 Å². The van der Waals surface area contributed by atoms with E-state index in [4.69, 9.17) is 4.98 Å². The second-order valence-corrected chi connectivity index (χ2v) is 6.73. The summed E-state index contributed by atoms with van der Waals surface area (Å²) in [6.45, 7) is 5.09. The lowest BCUT2D eigenvalue weighted by Gasteiger charge is -2.29. The summed E-state index contributed by atoms with van der Waals surface area (Å²) in [7, 11) is 0. The van der Waals surface area contributed by atoms with Crippen molar-refractivity contribution in [1.82, 2.24) is 9.97 Å². The third-order valence-electron chi connectivity index (χ3n) is 4.91. The predicted molar refractivity (Wildman–Crippen MR) is 104 cm³/mol. The van der Waals surface area contributed by atoms with E-state index < -0.39 is 0 Å². The number of rotatable bonds is 4. The van der Waals surface area contributed by atoms with Gasteiger partial charge in [0.2, 0.25) is 0 Å². The third-order valence-corrected chi connectivity index (χ3v) is 4.91. The lowest BCUT2D eigenvalue weighted by molar-refractivity contribution is 0.572. The first kappa shape index (κ1) is 15.9. The van der Waals surface area contributed by atoms with Gasteiger partial charge in [-0.3, -0.25) is 0 Å². The summed E-state index contributed by atoms with van der Waals surface area (Å²) in [5.74, 6) is 2.04. The van der Waals surface area contributed by atoms with Gasteiger partial charge in [0.1, 0.15) is 11.6 Å². The smallest absolute Gasteiger partial charge is 0.133 e. The molecule has 128 valence electrons. The van der Waals surface area contributed by atoms with Gasteiger partial charge in [-0.1, -0.05) is 24.3 Å². The maximum atomic E-state index is 4.75. The van der Waals surface area contributed by atoms with Crippen LogP contribution < -0.4 is 10.2 Å². The van der Waals surface area contributed by atoms with Gasteiger partial charge in [0.05, 0.1) is 5.52 Å². The van der Waals surface area contributed by atoms with Crippen LogP contribution in [0, 0.1) is 6.92 Å². The highest BCUT2D eigenvalue weighted by molar-refractivity contribution is 5.83. The molecule has 0 radical (unpaired) electrons. The van der Waals surface area contributed by atoms with Crippen LogP contribution in [0.2, 0.25) is 0 Å². The van der Waals surface area contributed by atoms with Crippen LogP contribution in [0.5, 0.6) is 0 Å². The Labute approximate surface area is 148 Å². The molecular formula is C21H24N4. The number of benzene rings is 1. The number of pyridine rings is 2. The largest absolute Gasteiger partial charge is 0.366 e. The topological polar surface area (TPSA) is 41.1 Å². The minimum atomic E-state index is 0.741. The van der Waals surface area contributed by atoms with Gasteiger partial charge >= 0.3 is 0 Å². The number of para-hydroxylation sites is 1.